The van der Waals surface area contributed by atoms with Gasteiger partial charge < -0.3 is 5.73 Å². The summed E-state index contributed by atoms with van der Waals surface area (Å²) in [5.74, 6) is -1.99. The molecule has 0 amide bonds. The maximum absolute atomic E-state index is 12.6. The van der Waals surface area contributed by atoms with E-state index in [0.717, 1.165) is 6.07 Å². The molecule has 1 aromatic rings. The molecule has 1 nitrogen and oxygen atoms in total. The summed E-state index contributed by atoms with van der Waals surface area (Å²) < 4.78 is 25.9. The topological polar surface area (TPSA) is 26.0 Å². The van der Waals surface area contributed by atoms with Crippen molar-refractivity contribution >= 4 is 37.5 Å². The lowest BCUT2D eigenvalue weighted by molar-refractivity contribution is 0.511. The summed E-state index contributed by atoms with van der Waals surface area (Å²) in [4.78, 5) is 0. The molecule has 0 saturated heterocycles. The normalized spacial score (nSPS) is 10.2. The second-order valence-corrected chi connectivity index (χ2v) is 3.53. The summed E-state index contributed by atoms with van der Waals surface area (Å²) in [7, 11) is 0. The van der Waals surface area contributed by atoms with Gasteiger partial charge in [-0.05, 0) is 37.9 Å². The summed E-state index contributed by atoms with van der Waals surface area (Å²) in [6.07, 6.45) is 0. The van der Waals surface area contributed by atoms with Crippen molar-refractivity contribution in [2.45, 2.75) is 0 Å². The molecule has 0 aliphatic heterocycles. The predicted molar refractivity (Wildman–Crippen MR) is 46.2 cm³/mol. The Morgan fingerprint density at radius 1 is 1.27 bits per heavy atom. The van der Waals surface area contributed by atoms with E-state index in [4.69, 9.17) is 5.73 Å². The number of rotatable bonds is 0. The van der Waals surface area contributed by atoms with E-state index in [1.165, 1.54) is 0 Å². The number of nitrogen functional groups attached to an aromatic ring is 1. The van der Waals surface area contributed by atoms with Gasteiger partial charge in [-0.1, -0.05) is 0 Å². The van der Waals surface area contributed by atoms with E-state index in [2.05, 4.69) is 31.9 Å². The van der Waals surface area contributed by atoms with Crippen molar-refractivity contribution in [3.63, 3.8) is 0 Å². The lowest BCUT2D eigenvalue weighted by atomic mass is 10.3. The van der Waals surface area contributed by atoms with Gasteiger partial charge in [-0.25, -0.2) is 8.78 Å². The highest BCUT2D eigenvalue weighted by molar-refractivity contribution is 9.13. The fourth-order valence-electron chi connectivity index (χ4n) is 0.592. The van der Waals surface area contributed by atoms with Crippen LogP contribution in [-0.2, 0) is 0 Å². The molecule has 1 rings (SSSR count). The first-order valence-corrected chi connectivity index (χ1v) is 4.21. The van der Waals surface area contributed by atoms with E-state index >= 15 is 0 Å². The van der Waals surface area contributed by atoms with Gasteiger partial charge in [0, 0.05) is 4.47 Å². The molecule has 0 aromatic heterocycles. The monoisotopic (exact) mass is 285 g/mol. The molecule has 2 N–H and O–H groups in total. The largest absolute Gasteiger partial charge is 0.395 e. The van der Waals surface area contributed by atoms with Crippen LogP contribution >= 0.6 is 31.9 Å². The summed E-state index contributed by atoms with van der Waals surface area (Å²) in [5, 5.41) is 0. The lowest BCUT2D eigenvalue weighted by Crippen LogP contribution is -1.96. The van der Waals surface area contributed by atoms with Crippen LogP contribution in [0.5, 0.6) is 0 Å². The van der Waals surface area contributed by atoms with Crippen LogP contribution in [0, 0.1) is 11.6 Å². The molecule has 0 unspecified atom stereocenters. The van der Waals surface area contributed by atoms with E-state index in [-0.39, 0.29) is 5.69 Å². The Labute approximate surface area is 78.8 Å². The Kier molecular flexibility index (Phi) is 2.49. The molecule has 5 heteroatoms. The molecule has 0 aliphatic rings. The van der Waals surface area contributed by atoms with Crippen molar-refractivity contribution < 1.29 is 8.78 Å². The summed E-state index contributed by atoms with van der Waals surface area (Å²) >= 11 is 5.98. The summed E-state index contributed by atoms with van der Waals surface area (Å²) in [5.41, 5.74) is 4.97. The van der Waals surface area contributed by atoms with Crippen molar-refractivity contribution in [2.24, 2.45) is 0 Å². The van der Waals surface area contributed by atoms with Gasteiger partial charge in [0.2, 0.25) is 0 Å². The minimum Gasteiger partial charge on any atom is -0.395 e. The molecule has 0 atom stereocenters. The van der Waals surface area contributed by atoms with Crippen LogP contribution in [0.3, 0.4) is 0 Å². The van der Waals surface area contributed by atoms with Crippen LogP contribution in [0.25, 0.3) is 0 Å². The maximum atomic E-state index is 12.6. The molecule has 0 bridgehead atoms. The second-order valence-electron chi connectivity index (χ2n) is 1.88. The van der Waals surface area contributed by atoms with Gasteiger partial charge in [-0.3, -0.25) is 0 Å². The van der Waals surface area contributed by atoms with Gasteiger partial charge in [0.25, 0.3) is 0 Å². The van der Waals surface area contributed by atoms with E-state index < -0.39 is 11.6 Å². The highest BCUT2D eigenvalue weighted by Crippen LogP contribution is 2.32. The molecule has 1 aromatic carbocycles. The Morgan fingerprint density at radius 2 is 1.82 bits per heavy atom. The molecule has 0 radical (unpaired) electrons. The number of anilines is 1. The fraction of sp³-hybridized carbons (Fsp3) is 0. The first kappa shape index (κ1) is 8.93. The Bertz CT molecular complexity index is 275. The summed E-state index contributed by atoms with van der Waals surface area (Å²) in [6, 6.07) is 1.01. The minimum atomic E-state index is -1.03. The highest BCUT2D eigenvalue weighted by Gasteiger charge is 2.12. The van der Waals surface area contributed by atoms with Crippen molar-refractivity contribution in [3.05, 3.63) is 26.6 Å². The molecule has 0 spiro atoms. The standard InChI is InChI=1S/C6H3Br2F2N/c7-2-1-3(9)5(10)6(11)4(2)8/h1H,11H2. The molecule has 0 saturated carbocycles. The van der Waals surface area contributed by atoms with Crippen molar-refractivity contribution in [2.75, 3.05) is 5.73 Å². The van der Waals surface area contributed by atoms with Crippen LogP contribution < -0.4 is 5.73 Å². The van der Waals surface area contributed by atoms with Crippen molar-refractivity contribution in [1.29, 1.82) is 0 Å². The van der Waals surface area contributed by atoms with Gasteiger partial charge in [0.1, 0.15) is 0 Å². The molecule has 0 fully saturated rings. The zero-order valence-corrected chi connectivity index (χ0v) is 8.34. The summed E-state index contributed by atoms with van der Waals surface area (Å²) in [6.45, 7) is 0. The molecule has 0 heterocycles. The zero-order valence-electron chi connectivity index (χ0n) is 5.17. The van der Waals surface area contributed by atoms with Gasteiger partial charge in [-0.15, -0.1) is 0 Å². The van der Waals surface area contributed by atoms with Gasteiger partial charge in [-0.2, -0.15) is 0 Å². The Morgan fingerprint density at radius 3 is 2.36 bits per heavy atom. The molecule has 0 aliphatic carbocycles. The minimum absolute atomic E-state index is 0.225. The second kappa shape index (κ2) is 3.06. The molecule has 11 heavy (non-hydrogen) atoms. The van der Waals surface area contributed by atoms with E-state index in [1.54, 1.807) is 0 Å². The first-order chi connectivity index (χ1) is 5.04. The van der Waals surface area contributed by atoms with Gasteiger partial charge in [0.05, 0.1) is 10.2 Å². The van der Waals surface area contributed by atoms with Crippen LogP contribution in [0.1, 0.15) is 0 Å². The molecular formula is C6H3Br2F2N. The highest BCUT2D eigenvalue weighted by atomic mass is 79.9. The zero-order chi connectivity index (χ0) is 8.59. The number of hydrogen-bond donors (Lipinski definition) is 1. The molecule has 60 valence electrons. The average molecular weight is 287 g/mol. The quantitative estimate of drug-likeness (QED) is 0.576. The number of hydrogen-bond acceptors (Lipinski definition) is 1. The Hall–Kier alpha value is -0.160. The number of benzene rings is 1. The van der Waals surface area contributed by atoms with E-state index in [9.17, 15) is 8.78 Å². The van der Waals surface area contributed by atoms with Crippen molar-refractivity contribution in [3.8, 4) is 0 Å². The van der Waals surface area contributed by atoms with E-state index in [1.807, 2.05) is 0 Å². The van der Waals surface area contributed by atoms with Gasteiger partial charge in [0.15, 0.2) is 11.6 Å². The maximum Gasteiger partial charge on any atom is 0.182 e. The first-order valence-electron chi connectivity index (χ1n) is 2.62. The van der Waals surface area contributed by atoms with Crippen LogP contribution in [0.4, 0.5) is 14.5 Å². The smallest absolute Gasteiger partial charge is 0.182 e. The fourth-order valence-corrected chi connectivity index (χ4v) is 1.29. The third kappa shape index (κ3) is 1.54. The SMILES string of the molecule is Nc1c(F)c(F)cc(Br)c1Br. The average Bonchev–Trinajstić information content (AvgIpc) is 1.97. The number of nitrogens with two attached hydrogens (primary N) is 1. The molecular weight excluding hydrogens is 284 g/mol. The van der Waals surface area contributed by atoms with Crippen molar-refractivity contribution in [1.82, 2.24) is 0 Å². The van der Waals surface area contributed by atoms with Crippen LogP contribution in [0.2, 0.25) is 0 Å². The lowest BCUT2D eigenvalue weighted by Gasteiger charge is -2.02. The predicted octanol–water partition coefficient (Wildman–Crippen LogP) is 3.07. The Balaban J connectivity index is 3.46. The number of halogens is 4. The van der Waals surface area contributed by atoms with Crippen LogP contribution in [-0.4, -0.2) is 0 Å². The van der Waals surface area contributed by atoms with E-state index in [0.29, 0.717) is 8.95 Å². The third-order valence-corrected chi connectivity index (χ3v) is 3.16. The third-order valence-electron chi connectivity index (χ3n) is 1.15. The van der Waals surface area contributed by atoms with Gasteiger partial charge >= 0.3 is 0 Å². The van der Waals surface area contributed by atoms with Crippen LogP contribution in [0.15, 0.2) is 15.0 Å².